The number of carbonyl (C=O) groups excluding carboxylic acids is 2. The Hall–Kier alpha value is -1.34. The van der Waals surface area contributed by atoms with Gasteiger partial charge in [0.2, 0.25) is 0 Å². The molecule has 0 aromatic carbocycles. The molecule has 7 nitrogen and oxygen atoms in total. The topological polar surface area (TPSA) is 89.9 Å². The van der Waals surface area contributed by atoms with Crippen LogP contribution in [0.1, 0.15) is 20.3 Å². The standard InChI is InChI=1S/C13H23NO6.ClH/c1-6-19-13(18)10(12(16)17)7-11(15)20-9(2)8-14(3,4)5;/h9-10H,6-8H2,1-5H3;1H/t9-,10?;/m1./s1. The SMILES string of the molecule is CCOC(=O)C(CC(=O)O[C@H](C)C[N+](C)(C)C)C(=O)O.[Cl-]. The van der Waals surface area contributed by atoms with Gasteiger partial charge in [-0.2, -0.15) is 0 Å². The van der Waals surface area contributed by atoms with E-state index in [9.17, 15) is 14.4 Å². The molecule has 0 aromatic heterocycles. The molecule has 0 aliphatic heterocycles. The minimum Gasteiger partial charge on any atom is -1.00 e. The molecule has 8 heteroatoms. The van der Waals surface area contributed by atoms with Crippen molar-refractivity contribution in [1.29, 1.82) is 0 Å². The van der Waals surface area contributed by atoms with Crippen molar-refractivity contribution >= 4 is 17.9 Å². The maximum Gasteiger partial charge on any atom is 0.320 e. The van der Waals surface area contributed by atoms with Crippen molar-refractivity contribution in [1.82, 2.24) is 0 Å². The fraction of sp³-hybridized carbons (Fsp3) is 0.769. The van der Waals surface area contributed by atoms with E-state index >= 15 is 0 Å². The summed E-state index contributed by atoms with van der Waals surface area (Å²) in [4.78, 5) is 34.0. The zero-order chi connectivity index (χ0) is 15.9. The molecule has 0 amide bonds. The van der Waals surface area contributed by atoms with Gasteiger partial charge in [-0.3, -0.25) is 14.4 Å². The van der Waals surface area contributed by atoms with E-state index in [-0.39, 0.29) is 25.1 Å². The van der Waals surface area contributed by atoms with Crippen LogP contribution in [0.5, 0.6) is 0 Å². The molecule has 0 aliphatic rings. The Labute approximate surface area is 131 Å². The van der Waals surface area contributed by atoms with Crippen molar-refractivity contribution in [3.05, 3.63) is 0 Å². The number of likely N-dealkylation sites (N-methyl/N-ethyl adjacent to an activating group) is 1. The molecule has 124 valence electrons. The molecule has 0 aliphatic carbocycles. The molecule has 0 aromatic rings. The summed E-state index contributed by atoms with van der Waals surface area (Å²) in [7, 11) is 5.84. The van der Waals surface area contributed by atoms with Crippen LogP contribution in [-0.4, -0.2) is 67.9 Å². The smallest absolute Gasteiger partial charge is 0.320 e. The number of hydrogen-bond acceptors (Lipinski definition) is 5. The van der Waals surface area contributed by atoms with Crippen molar-refractivity contribution in [2.45, 2.75) is 26.4 Å². The summed E-state index contributed by atoms with van der Waals surface area (Å²) >= 11 is 0. The highest BCUT2D eigenvalue weighted by atomic mass is 35.5. The van der Waals surface area contributed by atoms with Crippen LogP contribution in [0.15, 0.2) is 0 Å². The number of carboxylic acid groups (broad SMARTS) is 1. The van der Waals surface area contributed by atoms with E-state index in [1.54, 1.807) is 13.8 Å². The third kappa shape index (κ3) is 10.1. The molecular formula is C13H24ClNO6. The quantitative estimate of drug-likeness (QED) is 0.296. The Morgan fingerprint density at radius 1 is 1.19 bits per heavy atom. The predicted octanol–water partition coefficient (Wildman–Crippen LogP) is -2.72. The zero-order valence-corrected chi connectivity index (χ0v) is 13.8. The summed E-state index contributed by atoms with van der Waals surface area (Å²) in [6.45, 7) is 3.94. The summed E-state index contributed by atoms with van der Waals surface area (Å²) in [5.74, 6) is -4.54. The van der Waals surface area contributed by atoms with Crippen LogP contribution in [0.2, 0.25) is 0 Å². The third-order valence-electron chi connectivity index (χ3n) is 2.38. The van der Waals surface area contributed by atoms with E-state index in [1.165, 1.54) is 0 Å². The van der Waals surface area contributed by atoms with E-state index < -0.39 is 30.2 Å². The second kappa shape index (κ2) is 9.57. The summed E-state index contributed by atoms with van der Waals surface area (Å²) in [6.07, 6.45) is -0.880. The molecule has 0 saturated carbocycles. The van der Waals surface area contributed by atoms with Crippen LogP contribution in [0.4, 0.5) is 0 Å². The number of ether oxygens (including phenoxy) is 2. The van der Waals surface area contributed by atoms with Crippen molar-refractivity contribution in [3.63, 3.8) is 0 Å². The van der Waals surface area contributed by atoms with Gasteiger partial charge in [-0.05, 0) is 13.8 Å². The monoisotopic (exact) mass is 325 g/mol. The molecule has 0 saturated heterocycles. The van der Waals surface area contributed by atoms with E-state index in [4.69, 9.17) is 9.84 Å². The van der Waals surface area contributed by atoms with E-state index in [1.807, 2.05) is 21.1 Å². The lowest BCUT2D eigenvalue weighted by molar-refractivity contribution is -0.873. The Kier molecular flexibility index (Phi) is 10.0. The molecule has 0 radical (unpaired) electrons. The molecular weight excluding hydrogens is 302 g/mol. The molecule has 0 fully saturated rings. The zero-order valence-electron chi connectivity index (χ0n) is 13.1. The van der Waals surface area contributed by atoms with Crippen LogP contribution in [0.25, 0.3) is 0 Å². The second-order valence-electron chi connectivity index (χ2n) is 5.62. The van der Waals surface area contributed by atoms with E-state index in [0.717, 1.165) is 0 Å². The predicted molar refractivity (Wildman–Crippen MR) is 70.8 cm³/mol. The number of hydrogen-bond donors (Lipinski definition) is 1. The number of halogens is 1. The van der Waals surface area contributed by atoms with Gasteiger partial charge in [0.05, 0.1) is 34.2 Å². The molecule has 0 rings (SSSR count). The van der Waals surface area contributed by atoms with Crippen LogP contribution >= 0.6 is 0 Å². The van der Waals surface area contributed by atoms with Crippen LogP contribution < -0.4 is 12.4 Å². The summed E-state index contributed by atoms with van der Waals surface area (Å²) in [5.41, 5.74) is 0. The van der Waals surface area contributed by atoms with Gasteiger partial charge in [0.15, 0.2) is 5.92 Å². The first kappa shape index (κ1) is 21.9. The van der Waals surface area contributed by atoms with Gasteiger partial charge >= 0.3 is 17.9 Å². The second-order valence-corrected chi connectivity index (χ2v) is 5.62. The highest BCUT2D eigenvalue weighted by Gasteiger charge is 2.32. The lowest BCUT2D eigenvalue weighted by Crippen LogP contribution is -3.00. The number of carbonyl (C=O) groups is 3. The number of rotatable bonds is 8. The van der Waals surface area contributed by atoms with Crippen molar-refractivity contribution < 1.29 is 45.9 Å². The molecule has 21 heavy (non-hydrogen) atoms. The molecule has 1 unspecified atom stereocenters. The number of aliphatic carboxylic acids is 1. The fourth-order valence-corrected chi connectivity index (χ4v) is 1.76. The first-order chi connectivity index (χ1) is 9.06. The average molecular weight is 326 g/mol. The summed E-state index contributed by atoms with van der Waals surface area (Å²) < 4.78 is 10.3. The van der Waals surface area contributed by atoms with Gasteiger partial charge < -0.3 is 31.5 Å². The first-order valence-electron chi connectivity index (χ1n) is 6.46. The first-order valence-corrected chi connectivity index (χ1v) is 6.46. The van der Waals surface area contributed by atoms with Crippen molar-refractivity contribution in [2.75, 3.05) is 34.3 Å². The van der Waals surface area contributed by atoms with Crippen LogP contribution in [0.3, 0.4) is 0 Å². The minimum absolute atomic E-state index is 0. The summed E-state index contributed by atoms with van der Waals surface area (Å²) in [6, 6.07) is 0. The fourth-order valence-electron chi connectivity index (χ4n) is 1.76. The maximum atomic E-state index is 11.7. The molecule has 1 N–H and O–H groups in total. The van der Waals surface area contributed by atoms with Crippen LogP contribution in [0, 0.1) is 5.92 Å². The summed E-state index contributed by atoms with van der Waals surface area (Å²) in [5, 5.41) is 8.93. The van der Waals surface area contributed by atoms with E-state index in [2.05, 4.69) is 4.74 Å². The highest BCUT2D eigenvalue weighted by Crippen LogP contribution is 2.10. The van der Waals surface area contributed by atoms with Gasteiger partial charge in [0.1, 0.15) is 12.6 Å². The number of nitrogens with zero attached hydrogens (tertiary/aromatic N) is 1. The Morgan fingerprint density at radius 3 is 2.10 bits per heavy atom. The number of carboxylic acids is 1. The molecule has 2 atom stereocenters. The lowest BCUT2D eigenvalue weighted by Gasteiger charge is -2.27. The Bertz CT molecular complexity index is 366. The molecule has 0 heterocycles. The minimum atomic E-state index is -1.52. The maximum absolute atomic E-state index is 11.7. The Balaban J connectivity index is 0. The normalized spacial score (nSPS) is 13.6. The van der Waals surface area contributed by atoms with E-state index in [0.29, 0.717) is 11.0 Å². The number of esters is 2. The van der Waals surface area contributed by atoms with Gasteiger partial charge in [0.25, 0.3) is 0 Å². The van der Waals surface area contributed by atoms with Gasteiger partial charge in [-0.25, -0.2) is 0 Å². The van der Waals surface area contributed by atoms with Crippen LogP contribution in [-0.2, 0) is 23.9 Å². The Morgan fingerprint density at radius 2 is 1.71 bits per heavy atom. The van der Waals surface area contributed by atoms with Crippen molar-refractivity contribution in [3.8, 4) is 0 Å². The molecule has 0 bridgehead atoms. The highest BCUT2D eigenvalue weighted by molar-refractivity contribution is 5.97. The molecule has 0 spiro atoms. The van der Waals surface area contributed by atoms with Gasteiger partial charge in [-0.1, -0.05) is 0 Å². The van der Waals surface area contributed by atoms with Gasteiger partial charge in [0, 0.05) is 0 Å². The third-order valence-corrected chi connectivity index (χ3v) is 2.38. The van der Waals surface area contributed by atoms with Crippen molar-refractivity contribution in [2.24, 2.45) is 5.92 Å². The number of quaternary nitrogens is 1. The largest absolute Gasteiger partial charge is 1.00 e. The lowest BCUT2D eigenvalue weighted by atomic mass is 10.1. The average Bonchev–Trinajstić information content (AvgIpc) is 2.22. The van der Waals surface area contributed by atoms with Gasteiger partial charge in [-0.15, -0.1) is 0 Å².